The molecule has 1 saturated carbocycles. The molecule has 5 heteroatoms. The second-order valence-electron chi connectivity index (χ2n) is 10.1. The molecule has 3 nitrogen and oxygen atoms in total. The van der Waals surface area contributed by atoms with E-state index in [1.54, 1.807) is 0 Å². The van der Waals surface area contributed by atoms with Crippen LogP contribution in [0, 0.1) is 12.8 Å². The summed E-state index contributed by atoms with van der Waals surface area (Å²) in [5.41, 5.74) is 19.9. The van der Waals surface area contributed by atoms with E-state index in [0.29, 0.717) is 11.8 Å². The second kappa shape index (κ2) is 17.0. The predicted molar refractivity (Wildman–Crippen MR) is 147 cm³/mol. The first-order chi connectivity index (χ1) is 16.3. The number of hydrogen-bond donors (Lipinski definition) is 1. The van der Waals surface area contributed by atoms with Gasteiger partial charge in [-0.15, -0.1) is 6.04 Å². The summed E-state index contributed by atoms with van der Waals surface area (Å²) in [4.78, 5) is 0. The monoisotopic (exact) mass is 670 g/mol. The van der Waals surface area contributed by atoms with Crippen LogP contribution in [-0.2, 0) is 25.2 Å². The summed E-state index contributed by atoms with van der Waals surface area (Å²) in [5, 5.41) is 0. The number of methoxy groups -OCH3 is 1. The Morgan fingerprint density at radius 1 is 1.18 bits per heavy atom. The molecular formula is C29H48ClN2OPt-. The number of nitrogens with one attached hydrogen (secondary N) is 1. The molecule has 0 saturated heterocycles. The molecule has 198 valence electrons. The van der Waals surface area contributed by atoms with Crippen LogP contribution in [0.2, 0.25) is 0 Å². The Bertz CT molecular complexity index is 770. The van der Waals surface area contributed by atoms with Gasteiger partial charge in [0, 0.05) is 11.5 Å². The molecule has 4 unspecified atom stereocenters. The van der Waals surface area contributed by atoms with Crippen molar-refractivity contribution in [3.63, 3.8) is 0 Å². The summed E-state index contributed by atoms with van der Waals surface area (Å²) < 4.78 is 5.83. The van der Waals surface area contributed by atoms with E-state index in [4.69, 9.17) is 16.2 Å². The van der Waals surface area contributed by atoms with E-state index in [1.165, 1.54) is 91.6 Å². The number of halogens is 1. The molecule has 0 amide bonds. The normalized spacial score (nSPS) is 24.1. The van der Waals surface area contributed by atoms with Crippen molar-refractivity contribution in [2.24, 2.45) is 11.7 Å². The smallest absolute Gasteiger partial charge is 0.0123 e. The molecule has 0 bridgehead atoms. The van der Waals surface area contributed by atoms with E-state index in [1.807, 2.05) is 7.11 Å². The van der Waals surface area contributed by atoms with Crippen LogP contribution in [-0.4, -0.2) is 19.2 Å². The molecule has 3 N–H and O–H groups in total. The molecule has 1 fully saturated rings. The van der Waals surface area contributed by atoms with Gasteiger partial charge >= 0.3 is 28.2 Å². The molecule has 1 aromatic carbocycles. The van der Waals surface area contributed by atoms with E-state index in [2.05, 4.69) is 61.9 Å². The zero-order valence-electron chi connectivity index (χ0n) is 22.0. The third-order valence-corrected chi connectivity index (χ3v) is 7.23. The molecule has 0 aromatic heterocycles. The van der Waals surface area contributed by atoms with Gasteiger partial charge in [0.15, 0.2) is 0 Å². The van der Waals surface area contributed by atoms with Crippen LogP contribution in [0.15, 0.2) is 35.9 Å². The molecule has 0 heterocycles. The fraction of sp³-hybridized carbons (Fsp3) is 0.655. The van der Waals surface area contributed by atoms with Gasteiger partial charge in [-0.25, -0.2) is 0 Å². The average Bonchev–Trinajstić information content (AvgIpc) is 2.82. The van der Waals surface area contributed by atoms with Crippen LogP contribution in [0.25, 0.3) is 5.73 Å². The fourth-order valence-electron chi connectivity index (χ4n) is 5.22. The molecular weight excluding hydrogens is 623 g/mol. The number of benzene rings is 1. The first-order valence-corrected chi connectivity index (χ1v) is 15.8. The fourth-order valence-corrected chi connectivity index (χ4v) is 5.22. The van der Waals surface area contributed by atoms with Gasteiger partial charge in [-0.3, -0.25) is 0 Å². The largest absolute Gasteiger partial charge is 0.673 e. The van der Waals surface area contributed by atoms with Crippen molar-refractivity contribution in [3.8, 4) is 5.75 Å². The van der Waals surface area contributed by atoms with E-state index in [0.717, 1.165) is 25.0 Å². The number of rotatable bonds is 7. The summed E-state index contributed by atoms with van der Waals surface area (Å²) >= 11 is 1.47. The van der Waals surface area contributed by atoms with Crippen molar-refractivity contribution < 1.29 is 23.5 Å². The number of unbranched alkanes of at least 4 members (excludes halogenated alkanes) is 2. The van der Waals surface area contributed by atoms with E-state index in [-0.39, 0.29) is 12.1 Å². The van der Waals surface area contributed by atoms with E-state index < -0.39 is 0 Å². The molecule has 0 radical (unpaired) electrons. The zero-order valence-corrected chi connectivity index (χ0v) is 25.2. The second-order valence-corrected chi connectivity index (χ2v) is 10.1. The first-order valence-electron chi connectivity index (χ1n) is 12.9. The minimum atomic E-state index is 0.0312. The summed E-state index contributed by atoms with van der Waals surface area (Å²) in [6, 6.07) is 4.85. The van der Waals surface area contributed by atoms with Gasteiger partial charge in [-0.1, -0.05) is 68.9 Å². The number of nitrogens with two attached hydrogens (primary N) is 1. The molecule has 2 aliphatic rings. The van der Waals surface area contributed by atoms with Crippen LogP contribution >= 0.6 is 9.42 Å². The van der Waals surface area contributed by atoms with Crippen molar-refractivity contribution in [1.29, 1.82) is 0 Å². The third-order valence-electron chi connectivity index (χ3n) is 7.23. The summed E-state index contributed by atoms with van der Waals surface area (Å²) in [7, 11) is 6.45. The van der Waals surface area contributed by atoms with Gasteiger partial charge in [0.25, 0.3) is 0 Å². The molecule has 1 aromatic rings. The molecule has 3 rings (SSSR count). The number of hydrogen-bond acceptors (Lipinski definition) is 2. The van der Waals surface area contributed by atoms with Crippen LogP contribution < -0.4 is 10.5 Å². The zero-order chi connectivity index (χ0) is 25.7. The molecule has 0 spiro atoms. The molecule has 2 aliphatic carbocycles. The summed E-state index contributed by atoms with van der Waals surface area (Å²) in [6.45, 7) is 13.2. The SMILES string of the molecule is C=C(C)C1CCC(C)=CC1c1c(C)cc(CCCCC)cc1OC.[Cl][PtH].[NH-]C1CCCCC1N. The Labute approximate surface area is 224 Å². The molecule has 4 atom stereocenters. The van der Waals surface area contributed by atoms with Crippen LogP contribution in [0.3, 0.4) is 0 Å². The summed E-state index contributed by atoms with van der Waals surface area (Å²) in [6.07, 6.45) is 14.3. The molecule has 34 heavy (non-hydrogen) atoms. The van der Waals surface area contributed by atoms with Crippen molar-refractivity contribution in [1.82, 2.24) is 0 Å². The van der Waals surface area contributed by atoms with Crippen molar-refractivity contribution in [3.05, 3.63) is 58.4 Å². The predicted octanol–water partition coefficient (Wildman–Crippen LogP) is 8.48. The van der Waals surface area contributed by atoms with E-state index >= 15 is 0 Å². The maximum absolute atomic E-state index is 7.35. The van der Waals surface area contributed by atoms with Crippen LogP contribution in [0.5, 0.6) is 5.75 Å². The number of ether oxygens (including phenoxy) is 1. The Morgan fingerprint density at radius 3 is 2.38 bits per heavy atom. The Hall–Kier alpha value is -0.602. The minimum absolute atomic E-state index is 0.0312. The maximum Gasteiger partial charge on any atom is -0.0123 e. The number of allylic oxidation sites excluding steroid dienone is 3. The Kier molecular flexibility index (Phi) is 15.7. The van der Waals surface area contributed by atoms with Crippen molar-refractivity contribution in [2.75, 3.05) is 7.11 Å². The van der Waals surface area contributed by atoms with Gasteiger partial charge in [0.05, 0.1) is 7.11 Å². The van der Waals surface area contributed by atoms with E-state index in [9.17, 15) is 0 Å². The van der Waals surface area contributed by atoms with Gasteiger partial charge < -0.3 is 16.2 Å². The Morgan fingerprint density at radius 2 is 1.85 bits per heavy atom. The van der Waals surface area contributed by atoms with Gasteiger partial charge in [-0.05, 0) is 82.0 Å². The van der Waals surface area contributed by atoms with Gasteiger partial charge in [0.2, 0.25) is 0 Å². The summed E-state index contributed by atoms with van der Waals surface area (Å²) in [5.74, 6) is 1.98. The molecule has 0 aliphatic heterocycles. The van der Waals surface area contributed by atoms with Crippen molar-refractivity contribution in [2.45, 2.75) is 110 Å². The Balaban J connectivity index is 0.000000483. The standard InChI is InChI=1S/C23H34O.C6H13N2.ClH.Pt.H/c1-7-8-9-10-19-14-18(5)23(22(15-19)24-6)21-13-17(4)11-12-20(21)16(2)3;7-5-3-1-2-4-6(5)8;;;/h13-15,20-21H,2,7-12H2,1,3-6H3;5-7H,1-4,8H2;1H;;/q;-1;;+1;/p-1. The van der Waals surface area contributed by atoms with Crippen molar-refractivity contribution >= 4 is 9.42 Å². The first kappa shape index (κ1) is 31.4. The number of aryl methyl sites for hydroxylation is 2. The average molecular weight is 671 g/mol. The maximum atomic E-state index is 7.35. The third kappa shape index (κ3) is 9.80. The van der Waals surface area contributed by atoms with Crippen LogP contribution in [0.1, 0.15) is 101 Å². The topological polar surface area (TPSA) is 59.0 Å². The minimum Gasteiger partial charge on any atom is -0.673 e. The van der Waals surface area contributed by atoms with Gasteiger partial charge in [-0.2, -0.15) is 0 Å². The van der Waals surface area contributed by atoms with Gasteiger partial charge in [0.1, 0.15) is 5.75 Å². The quantitative estimate of drug-likeness (QED) is 0.234. The van der Waals surface area contributed by atoms with Crippen LogP contribution in [0.4, 0.5) is 0 Å².